The summed E-state index contributed by atoms with van der Waals surface area (Å²) in [7, 11) is -9.91. The van der Waals surface area contributed by atoms with Crippen molar-refractivity contribution in [3.63, 3.8) is 0 Å². The number of esters is 4. The van der Waals surface area contributed by atoms with Gasteiger partial charge in [-0.1, -0.05) is 349 Å². The van der Waals surface area contributed by atoms with Crippen molar-refractivity contribution in [2.45, 2.75) is 419 Å². The Morgan fingerprint density at radius 3 is 0.747 bits per heavy atom. The van der Waals surface area contributed by atoms with E-state index < -0.39 is 97.5 Å². The number of phosphoric ester groups is 2. The molecule has 0 amide bonds. The molecule has 0 bridgehead atoms. The van der Waals surface area contributed by atoms with Crippen molar-refractivity contribution < 1.29 is 80.2 Å². The molecule has 95 heavy (non-hydrogen) atoms. The Morgan fingerprint density at radius 2 is 0.505 bits per heavy atom. The Balaban J connectivity index is 5.21. The van der Waals surface area contributed by atoms with Crippen LogP contribution in [0.25, 0.3) is 0 Å². The summed E-state index contributed by atoms with van der Waals surface area (Å²) in [5.74, 6) is -1.40. The third kappa shape index (κ3) is 69.0. The fourth-order valence-electron chi connectivity index (χ4n) is 11.7. The Hall–Kier alpha value is -1.94. The van der Waals surface area contributed by atoms with E-state index in [9.17, 15) is 43.2 Å². The van der Waals surface area contributed by atoms with Crippen molar-refractivity contribution in [2.75, 3.05) is 39.6 Å². The molecule has 0 aromatic carbocycles. The normalized spacial score (nSPS) is 14.2. The predicted molar refractivity (Wildman–Crippen MR) is 386 cm³/mol. The van der Waals surface area contributed by atoms with Gasteiger partial charge in [0.1, 0.15) is 19.3 Å². The van der Waals surface area contributed by atoms with Gasteiger partial charge in [-0.3, -0.25) is 37.3 Å². The van der Waals surface area contributed by atoms with Crippen molar-refractivity contribution in [3.8, 4) is 0 Å². The van der Waals surface area contributed by atoms with E-state index in [-0.39, 0.29) is 25.7 Å². The summed E-state index contributed by atoms with van der Waals surface area (Å²) in [5, 5.41) is 10.6. The fourth-order valence-corrected chi connectivity index (χ4v) is 13.3. The number of aliphatic hydroxyl groups is 1. The number of ether oxygens (including phenoxy) is 4. The highest BCUT2D eigenvalue weighted by Crippen LogP contribution is 2.45. The van der Waals surface area contributed by atoms with E-state index in [4.69, 9.17) is 37.0 Å². The number of hydrogen-bond donors (Lipinski definition) is 3. The summed E-state index contributed by atoms with van der Waals surface area (Å²) in [6.07, 6.45) is 58.3. The second kappa shape index (κ2) is 69.2. The van der Waals surface area contributed by atoms with Gasteiger partial charge in [-0.2, -0.15) is 0 Å². The minimum absolute atomic E-state index is 0.104. The number of hydrogen-bond acceptors (Lipinski definition) is 15. The molecule has 0 aromatic heterocycles. The topological polar surface area (TPSA) is 237 Å². The third-order valence-electron chi connectivity index (χ3n) is 18.1. The van der Waals surface area contributed by atoms with Crippen LogP contribution in [0.2, 0.25) is 0 Å². The highest BCUT2D eigenvalue weighted by Gasteiger charge is 2.30. The van der Waals surface area contributed by atoms with E-state index in [0.29, 0.717) is 25.7 Å². The van der Waals surface area contributed by atoms with Gasteiger partial charge in [0.2, 0.25) is 0 Å². The molecule has 0 aromatic rings. The smallest absolute Gasteiger partial charge is 0.462 e. The van der Waals surface area contributed by atoms with Crippen LogP contribution < -0.4 is 0 Å². The molecule has 0 rings (SSSR count). The van der Waals surface area contributed by atoms with Crippen LogP contribution in [0.1, 0.15) is 401 Å². The second-order valence-corrected chi connectivity index (χ2v) is 30.5. The first kappa shape index (κ1) is 93.1. The maximum atomic E-state index is 13.1. The zero-order chi connectivity index (χ0) is 69.8. The van der Waals surface area contributed by atoms with Crippen LogP contribution in [0, 0.1) is 5.92 Å². The van der Waals surface area contributed by atoms with E-state index in [0.717, 1.165) is 95.8 Å². The molecular formula is C76H148O17P2. The van der Waals surface area contributed by atoms with E-state index in [1.165, 1.54) is 225 Å². The minimum atomic E-state index is -4.96. The lowest BCUT2D eigenvalue weighted by Crippen LogP contribution is -2.30. The molecule has 3 unspecified atom stereocenters. The number of rotatable bonds is 76. The quantitative estimate of drug-likeness (QED) is 0.0222. The van der Waals surface area contributed by atoms with Crippen LogP contribution in [0.3, 0.4) is 0 Å². The van der Waals surface area contributed by atoms with Gasteiger partial charge in [-0.25, -0.2) is 9.13 Å². The molecule has 6 atom stereocenters. The van der Waals surface area contributed by atoms with Crippen molar-refractivity contribution in [1.29, 1.82) is 0 Å². The zero-order valence-electron chi connectivity index (χ0n) is 61.8. The molecule has 0 aliphatic rings. The van der Waals surface area contributed by atoms with Crippen LogP contribution >= 0.6 is 15.6 Å². The van der Waals surface area contributed by atoms with Crippen molar-refractivity contribution in [3.05, 3.63) is 0 Å². The van der Waals surface area contributed by atoms with Gasteiger partial charge >= 0.3 is 39.5 Å². The van der Waals surface area contributed by atoms with Crippen LogP contribution in [0.5, 0.6) is 0 Å². The Kier molecular flexibility index (Phi) is 67.7. The molecule has 0 heterocycles. The first-order valence-electron chi connectivity index (χ1n) is 39.7. The van der Waals surface area contributed by atoms with Gasteiger partial charge in [0, 0.05) is 25.7 Å². The van der Waals surface area contributed by atoms with Gasteiger partial charge in [-0.15, -0.1) is 0 Å². The van der Waals surface area contributed by atoms with Crippen LogP contribution in [0.4, 0.5) is 0 Å². The monoisotopic (exact) mass is 1400 g/mol. The summed E-state index contributed by atoms with van der Waals surface area (Å²) < 4.78 is 68.5. The summed E-state index contributed by atoms with van der Waals surface area (Å²) in [5.41, 5.74) is 0. The van der Waals surface area contributed by atoms with E-state index in [1.807, 2.05) is 0 Å². The molecule has 3 N–H and O–H groups in total. The first-order valence-corrected chi connectivity index (χ1v) is 42.7. The van der Waals surface area contributed by atoms with Gasteiger partial charge < -0.3 is 33.8 Å². The van der Waals surface area contributed by atoms with Crippen LogP contribution in [-0.2, 0) is 65.4 Å². The summed E-state index contributed by atoms with van der Waals surface area (Å²) >= 11 is 0. The van der Waals surface area contributed by atoms with Gasteiger partial charge in [-0.05, 0) is 31.6 Å². The molecular weight excluding hydrogens is 1250 g/mol. The molecule has 0 fully saturated rings. The largest absolute Gasteiger partial charge is 0.472 e. The molecule has 0 saturated carbocycles. The predicted octanol–water partition coefficient (Wildman–Crippen LogP) is 22.5. The average Bonchev–Trinajstić information content (AvgIpc) is 1.98. The van der Waals surface area contributed by atoms with E-state index in [1.54, 1.807) is 0 Å². The lowest BCUT2D eigenvalue weighted by Gasteiger charge is -2.21. The fraction of sp³-hybridized carbons (Fsp3) is 0.947. The van der Waals surface area contributed by atoms with Crippen LogP contribution in [-0.4, -0.2) is 96.7 Å². The highest BCUT2D eigenvalue weighted by atomic mass is 31.2. The van der Waals surface area contributed by atoms with Crippen molar-refractivity contribution in [1.82, 2.24) is 0 Å². The number of aliphatic hydroxyl groups excluding tert-OH is 1. The van der Waals surface area contributed by atoms with Crippen molar-refractivity contribution >= 4 is 39.5 Å². The number of phosphoric acid groups is 2. The summed E-state index contributed by atoms with van der Waals surface area (Å²) in [4.78, 5) is 72.7. The average molecular weight is 1400 g/mol. The van der Waals surface area contributed by atoms with Crippen LogP contribution in [0.15, 0.2) is 0 Å². The molecule has 0 saturated heterocycles. The maximum Gasteiger partial charge on any atom is 0.472 e. The SMILES string of the molecule is CCCCCCCCCCCCCCCCCCCCCC(=O)O[C@H](COC(=O)CCCCCCCCCCCCCCCCCC)COP(=O)(O)OC[C@@H](O)COP(=O)(O)OC[C@@H](COC(=O)CCCCCCCCCCCC)OC(=O)CCCCCCCCC(C)CC. The summed E-state index contributed by atoms with van der Waals surface area (Å²) in [6, 6.07) is 0. The Labute approximate surface area is 581 Å². The first-order chi connectivity index (χ1) is 46.1. The van der Waals surface area contributed by atoms with Gasteiger partial charge in [0.15, 0.2) is 12.2 Å². The van der Waals surface area contributed by atoms with Crippen molar-refractivity contribution in [2.24, 2.45) is 5.92 Å². The molecule has 17 nitrogen and oxygen atoms in total. The second-order valence-electron chi connectivity index (χ2n) is 27.6. The highest BCUT2D eigenvalue weighted by molar-refractivity contribution is 7.47. The summed E-state index contributed by atoms with van der Waals surface area (Å²) in [6.45, 7) is 7.24. The molecule has 0 aliphatic carbocycles. The number of carbonyl (C=O) groups is 4. The number of carbonyl (C=O) groups excluding carboxylic acids is 4. The Bertz CT molecular complexity index is 1820. The maximum absolute atomic E-state index is 13.1. The Morgan fingerprint density at radius 1 is 0.295 bits per heavy atom. The molecule has 0 spiro atoms. The van der Waals surface area contributed by atoms with E-state index >= 15 is 0 Å². The van der Waals surface area contributed by atoms with Gasteiger partial charge in [0.25, 0.3) is 0 Å². The zero-order valence-corrected chi connectivity index (χ0v) is 63.6. The van der Waals surface area contributed by atoms with Gasteiger partial charge in [0.05, 0.1) is 26.4 Å². The lowest BCUT2D eigenvalue weighted by atomic mass is 10.00. The number of unbranched alkanes of at least 4 members (excludes halogenated alkanes) is 47. The molecule has 0 radical (unpaired) electrons. The lowest BCUT2D eigenvalue weighted by molar-refractivity contribution is -0.161. The molecule has 19 heteroatoms. The molecule has 0 aliphatic heterocycles. The van der Waals surface area contributed by atoms with E-state index in [2.05, 4.69) is 34.6 Å². The third-order valence-corrected chi connectivity index (χ3v) is 20.0. The minimum Gasteiger partial charge on any atom is -0.462 e. The standard InChI is InChI=1S/C76H148O17P2/c1-6-10-13-16-19-22-25-27-29-31-32-33-35-37-39-42-45-51-56-61-75(80)92-71(65-86-74(79)60-55-50-44-41-38-36-34-30-28-26-23-20-17-14-11-7-2)67-90-94(82,83)88-63-70(77)64-89-95(84,85)91-68-72(93-76(81)62-57-52-47-46-48-53-58-69(5)9-4)66-87-73(78)59-54-49-43-40-24-21-18-15-12-8-3/h69-72,77H,6-68H2,1-5H3,(H,82,83)(H,84,85)/t69?,70-,71-,72-/m1/s1. The molecule has 564 valence electrons.